The Morgan fingerprint density at radius 3 is 1.79 bits per heavy atom. The fourth-order valence-electron chi connectivity index (χ4n) is 8.33. The molecule has 3 aromatic rings. The van der Waals surface area contributed by atoms with Crippen LogP contribution in [0.4, 0.5) is 10.5 Å². The van der Waals surface area contributed by atoms with Crippen LogP contribution in [0.2, 0.25) is 0 Å². The molecule has 308 valence electrons. The van der Waals surface area contributed by atoms with E-state index in [-0.39, 0.29) is 36.4 Å². The van der Waals surface area contributed by atoms with Crippen molar-refractivity contribution in [2.45, 2.75) is 64.1 Å². The third-order valence-corrected chi connectivity index (χ3v) is 11.5. The highest BCUT2D eigenvalue weighted by molar-refractivity contribution is 5.93. The lowest BCUT2D eigenvalue weighted by molar-refractivity contribution is -0.221. The number of nitrogens with zero attached hydrogens (tertiary/aromatic N) is 4. The van der Waals surface area contributed by atoms with Gasteiger partial charge in [0.25, 0.3) is 0 Å². The van der Waals surface area contributed by atoms with Crippen LogP contribution < -0.4 is 4.90 Å². The first-order valence-corrected chi connectivity index (χ1v) is 20.6. The van der Waals surface area contributed by atoms with Gasteiger partial charge in [-0.1, -0.05) is 92.7 Å². The summed E-state index contributed by atoms with van der Waals surface area (Å²) in [6, 6.07) is 30.2. The van der Waals surface area contributed by atoms with Gasteiger partial charge in [0.2, 0.25) is 11.8 Å². The van der Waals surface area contributed by atoms with Gasteiger partial charge in [0.15, 0.2) is 11.6 Å². The highest BCUT2D eigenvalue weighted by atomic mass is 16.7. The fourth-order valence-corrected chi connectivity index (χ4v) is 8.33. The van der Waals surface area contributed by atoms with Gasteiger partial charge in [0, 0.05) is 96.1 Å². The van der Waals surface area contributed by atoms with E-state index in [0.29, 0.717) is 71.9 Å². The second-order valence-electron chi connectivity index (χ2n) is 15.3. The minimum atomic E-state index is -0.710. The monoisotopic (exact) mass is 784 g/mol. The Labute approximate surface area is 337 Å². The Kier molecular flexibility index (Phi) is 15.1. The van der Waals surface area contributed by atoms with Crippen LogP contribution in [0.25, 0.3) is 0 Å². The van der Waals surface area contributed by atoms with E-state index in [0.717, 1.165) is 43.7 Å². The predicted molar refractivity (Wildman–Crippen MR) is 217 cm³/mol. The van der Waals surface area contributed by atoms with Crippen LogP contribution in [-0.4, -0.2) is 123 Å². The van der Waals surface area contributed by atoms with Crippen molar-refractivity contribution >= 4 is 23.6 Å². The van der Waals surface area contributed by atoms with Gasteiger partial charge in [-0.15, -0.1) is 0 Å². The molecule has 2 unspecified atom stereocenters. The topological polar surface area (TPSA) is 110 Å². The average molecular weight is 785 g/mol. The Morgan fingerprint density at radius 2 is 1.21 bits per heavy atom. The van der Waals surface area contributed by atoms with E-state index in [4.69, 9.17) is 23.7 Å². The van der Waals surface area contributed by atoms with Crippen molar-refractivity contribution in [2.24, 2.45) is 11.8 Å². The Morgan fingerprint density at radius 1 is 0.684 bits per heavy atom. The van der Waals surface area contributed by atoms with Crippen LogP contribution in [0.3, 0.4) is 0 Å². The number of benzene rings is 3. The molecule has 4 aliphatic rings. The van der Waals surface area contributed by atoms with Crippen molar-refractivity contribution in [3.05, 3.63) is 102 Å². The predicted octanol–water partition coefficient (Wildman–Crippen LogP) is 5.99. The number of carbonyl (C=O) groups excluding carboxylic acids is 3. The first-order chi connectivity index (χ1) is 27.7. The molecule has 4 aliphatic heterocycles. The minimum absolute atomic E-state index is 0.0620. The van der Waals surface area contributed by atoms with Crippen LogP contribution in [0.1, 0.15) is 50.7 Å². The van der Waals surface area contributed by atoms with Crippen molar-refractivity contribution in [3.8, 4) is 0 Å². The molecule has 12 heteroatoms. The third kappa shape index (κ3) is 11.0. The summed E-state index contributed by atoms with van der Waals surface area (Å²) >= 11 is 0. The van der Waals surface area contributed by atoms with Crippen molar-refractivity contribution in [3.63, 3.8) is 0 Å². The van der Waals surface area contributed by atoms with Crippen molar-refractivity contribution < 1.29 is 38.1 Å². The summed E-state index contributed by atoms with van der Waals surface area (Å²) in [6.07, 6.45) is 3.02. The van der Waals surface area contributed by atoms with Gasteiger partial charge in [-0.25, -0.2) is 4.79 Å². The highest BCUT2D eigenvalue weighted by Crippen LogP contribution is 2.38. The number of amides is 3. The number of para-hydroxylation sites is 1. The molecule has 7 rings (SSSR count). The molecule has 0 saturated carbocycles. The molecular formula is C45H60N4O8. The molecule has 57 heavy (non-hydrogen) atoms. The fraction of sp³-hybridized carbons (Fsp3) is 0.533. The molecule has 2 spiro atoms. The molecule has 0 bridgehead atoms. The van der Waals surface area contributed by atoms with Gasteiger partial charge < -0.3 is 43.3 Å². The molecular weight excluding hydrogens is 725 g/mol. The maximum absolute atomic E-state index is 12.8. The second kappa shape index (κ2) is 20.4. The largest absolute Gasteiger partial charge is 0.445 e. The normalized spacial score (nSPS) is 21.1. The summed E-state index contributed by atoms with van der Waals surface area (Å²) in [6.45, 7) is 11.2. The van der Waals surface area contributed by atoms with Gasteiger partial charge in [0.1, 0.15) is 6.61 Å². The number of hydrogen-bond donors (Lipinski definition) is 0. The summed E-state index contributed by atoms with van der Waals surface area (Å²) < 4.78 is 29.7. The zero-order valence-electron chi connectivity index (χ0n) is 33.9. The summed E-state index contributed by atoms with van der Waals surface area (Å²) in [5.41, 5.74) is 3.25. The zero-order valence-corrected chi connectivity index (χ0v) is 33.9. The molecule has 3 aromatic carbocycles. The van der Waals surface area contributed by atoms with E-state index in [1.54, 1.807) is 16.8 Å². The highest BCUT2D eigenvalue weighted by Gasteiger charge is 2.50. The molecule has 0 radical (unpaired) electrons. The van der Waals surface area contributed by atoms with Crippen LogP contribution in [0.5, 0.6) is 0 Å². The van der Waals surface area contributed by atoms with Gasteiger partial charge in [-0.05, 0) is 29.7 Å². The van der Waals surface area contributed by atoms with Crippen molar-refractivity contribution in [1.29, 1.82) is 0 Å². The first-order valence-electron chi connectivity index (χ1n) is 20.6. The molecule has 4 saturated heterocycles. The maximum atomic E-state index is 12.8. The SMILES string of the molecule is CCC(=O)N(C)CC1CN(C(=O)OCc2ccccc2)CCC12OCCO2.CCC(=O)N(CC1CN(CCc2ccccc2)CCC12OCCO2)c1ccccc1. The van der Waals surface area contributed by atoms with E-state index < -0.39 is 11.6 Å². The second-order valence-corrected chi connectivity index (χ2v) is 15.3. The van der Waals surface area contributed by atoms with Crippen molar-refractivity contribution in [1.82, 2.24) is 14.7 Å². The minimum Gasteiger partial charge on any atom is -0.445 e. The molecule has 0 N–H and O–H groups in total. The van der Waals surface area contributed by atoms with E-state index in [1.807, 2.05) is 79.4 Å². The van der Waals surface area contributed by atoms with Crippen molar-refractivity contribution in [2.75, 3.05) is 84.2 Å². The lowest BCUT2D eigenvalue weighted by Crippen LogP contribution is -2.57. The number of anilines is 1. The number of ether oxygens (including phenoxy) is 5. The molecule has 4 heterocycles. The van der Waals surface area contributed by atoms with Crippen LogP contribution in [-0.2, 0) is 46.3 Å². The van der Waals surface area contributed by atoms with E-state index in [1.165, 1.54) is 5.56 Å². The molecule has 2 atom stereocenters. The number of likely N-dealkylation sites (tertiary alicyclic amines) is 2. The zero-order chi connectivity index (χ0) is 40.1. The third-order valence-electron chi connectivity index (χ3n) is 11.5. The van der Waals surface area contributed by atoms with Gasteiger partial charge in [0.05, 0.1) is 26.4 Å². The Hall–Kier alpha value is -4.33. The number of piperidine rings is 2. The first kappa shape index (κ1) is 42.3. The number of rotatable bonds is 12. The van der Waals surface area contributed by atoms with Crippen LogP contribution >= 0.6 is 0 Å². The Bertz CT molecular complexity index is 1700. The van der Waals surface area contributed by atoms with Gasteiger partial charge >= 0.3 is 6.09 Å². The van der Waals surface area contributed by atoms with Gasteiger partial charge in [-0.2, -0.15) is 0 Å². The van der Waals surface area contributed by atoms with E-state index in [2.05, 4.69) is 35.2 Å². The van der Waals surface area contributed by atoms with E-state index in [9.17, 15) is 14.4 Å². The lowest BCUT2D eigenvalue weighted by atomic mass is 9.89. The average Bonchev–Trinajstić information content (AvgIpc) is 3.94. The molecule has 4 fully saturated rings. The molecule has 0 aliphatic carbocycles. The smallest absolute Gasteiger partial charge is 0.410 e. The standard InChI is InChI=1S/C25H32N2O3.C20H28N2O5/c1-2-24(28)27(23-11-7-4-8-12-23)20-22-19-26(15-13-21-9-5-3-6-10-21)16-14-25(22)29-17-18-30-25;1-3-18(23)21(2)13-17-14-22(10-9-20(17)26-11-12-27-20)19(24)25-15-16-7-5-4-6-8-16/h3-12,22H,2,13-20H2,1H3;4-8,17H,3,9-15H2,1-2H3. The summed E-state index contributed by atoms with van der Waals surface area (Å²) in [5, 5.41) is 0. The van der Waals surface area contributed by atoms with Crippen LogP contribution in [0.15, 0.2) is 91.0 Å². The molecule has 0 aromatic heterocycles. The number of hydrogen-bond acceptors (Lipinski definition) is 9. The van der Waals surface area contributed by atoms with E-state index >= 15 is 0 Å². The molecule has 12 nitrogen and oxygen atoms in total. The summed E-state index contributed by atoms with van der Waals surface area (Å²) in [7, 11) is 1.78. The molecule has 3 amide bonds. The van der Waals surface area contributed by atoms with Gasteiger partial charge in [-0.3, -0.25) is 9.59 Å². The quantitative estimate of drug-likeness (QED) is 0.219. The lowest BCUT2D eigenvalue weighted by Gasteiger charge is -2.45. The maximum Gasteiger partial charge on any atom is 0.410 e. The summed E-state index contributed by atoms with van der Waals surface area (Å²) in [4.78, 5) is 45.1. The summed E-state index contributed by atoms with van der Waals surface area (Å²) in [5.74, 6) is -1.08. The number of carbonyl (C=O) groups is 3. The van der Waals surface area contributed by atoms with Crippen LogP contribution in [0, 0.1) is 11.8 Å². The Balaban J connectivity index is 0.000000194.